The fourth-order valence-corrected chi connectivity index (χ4v) is 2.81. The highest BCUT2D eigenvalue weighted by molar-refractivity contribution is 9.10. The lowest BCUT2D eigenvalue weighted by atomic mass is 10.1. The molecular formula is C13H12BrClN2O. The summed E-state index contributed by atoms with van der Waals surface area (Å²) in [6, 6.07) is 5.60. The Bertz CT molecular complexity index is 564. The first-order valence-corrected chi connectivity index (χ1v) is 7.20. The molecule has 18 heavy (non-hydrogen) atoms. The molecule has 1 fully saturated rings. The molecular weight excluding hydrogens is 316 g/mol. The van der Waals surface area contributed by atoms with E-state index in [1.165, 1.54) is 12.8 Å². The third-order valence-electron chi connectivity index (χ3n) is 3.31. The van der Waals surface area contributed by atoms with Crippen LogP contribution in [0.25, 0.3) is 11.5 Å². The fourth-order valence-electron chi connectivity index (χ4n) is 2.32. The van der Waals surface area contributed by atoms with Gasteiger partial charge in [0.25, 0.3) is 0 Å². The van der Waals surface area contributed by atoms with Crippen molar-refractivity contribution in [3.8, 4) is 11.5 Å². The molecule has 0 radical (unpaired) electrons. The monoisotopic (exact) mass is 326 g/mol. The molecule has 0 spiro atoms. The van der Waals surface area contributed by atoms with Gasteiger partial charge in [-0.1, -0.05) is 24.4 Å². The van der Waals surface area contributed by atoms with Crippen LogP contribution in [0.5, 0.6) is 0 Å². The first kappa shape index (κ1) is 12.2. The molecule has 2 aromatic rings. The van der Waals surface area contributed by atoms with Crippen molar-refractivity contribution in [2.45, 2.75) is 31.6 Å². The molecule has 0 atom stereocenters. The van der Waals surface area contributed by atoms with E-state index in [1.807, 2.05) is 18.2 Å². The fraction of sp³-hybridized carbons (Fsp3) is 0.385. The van der Waals surface area contributed by atoms with Crippen molar-refractivity contribution in [3.63, 3.8) is 0 Å². The Morgan fingerprint density at radius 3 is 2.72 bits per heavy atom. The molecule has 1 aromatic carbocycles. The van der Waals surface area contributed by atoms with Crippen LogP contribution in [0.4, 0.5) is 0 Å². The van der Waals surface area contributed by atoms with Crippen LogP contribution in [0.2, 0.25) is 5.02 Å². The summed E-state index contributed by atoms with van der Waals surface area (Å²) in [5.74, 6) is 1.78. The van der Waals surface area contributed by atoms with Gasteiger partial charge in [0.2, 0.25) is 11.8 Å². The zero-order chi connectivity index (χ0) is 12.5. The Morgan fingerprint density at radius 2 is 2.00 bits per heavy atom. The quantitative estimate of drug-likeness (QED) is 0.794. The molecule has 0 saturated heterocycles. The molecule has 3 nitrogen and oxygen atoms in total. The van der Waals surface area contributed by atoms with Gasteiger partial charge in [0.1, 0.15) is 0 Å². The van der Waals surface area contributed by atoms with Gasteiger partial charge in [-0.05, 0) is 47.0 Å². The van der Waals surface area contributed by atoms with Crippen LogP contribution in [-0.2, 0) is 0 Å². The highest BCUT2D eigenvalue weighted by Gasteiger charge is 2.23. The summed E-state index contributed by atoms with van der Waals surface area (Å²) in [6.45, 7) is 0. The predicted octanol–water partition coefficient (Wildman–Crippen LogP) is 4.81. The summed E-state index contributed by atoms with van der Waals surface area (Å²) in [5.41, 5.74) is 0.892. The molecule has 1 heterocycles. The number of aromatic nitrogens is 2. The molecule has 0 N–H and O–H groups in total. The third-order valence-corrected chi connectivity index (χ3v) is 4.53. The molecule has 0 unspecified atom stereocenters. The molecule has 0 amide bonds. The Balaban J connectivity index is 1.89. The SMILES string of the molecule is Clc1ccc(-c2nnc(C3CCCC3)o2)cc1Br. The largest absolute Gasteiger partial charge is 0.420 e. The second-order valence-corrected chi connectivity index (χ2v) is 5.82. The number of nitrogens with zero attached hydrogens (tertiary/aromatic N) is 2. The van der Waals surface area contributed by atoms with E-state index >= 15 is 0 Å². The van der Waals surface area contributed by atoms with E-state index < -0.39 is 0 Å². The average molecular weight is 328 g/mol. The van der Waals surface area contributed by atoms with Gasteiger partial charge in [-0.3, -0.25) is 0 Å². The van der Waals surface area contributed by atoms with Crippen LogP contribution in [0.3, 0.4) is 0 Å². The van der Waals surface area contributed by atoms with Crippen LogP contribution in [0.1, 0.15) is 37.5 Å². The Hall–Kier alpha value is -0.870. The predicted molar refractivity (Wildman–Crippen MR) is 73.7 cm³/mol. The maximum Gasteiger partial charge on any atom is 0.247 e. The van der Waals surface area contributed by atoms with E-state index in [1.54, 1.807) is 0 Å². The molecule has 0 bridgehead atoms. The van der Waals surface area contributed by atoms with Crippen LogP contribution in [-0.4, -0.2) is 10.2 Å². The molecule has 1 aliphatic carbocycles. The summed E-state index contributed by atoms with van der Waals surface area (Å²) in [7, 11) is 0. The van der Waals surface area contributed by atoms with E-state index in [2.05, 4.69) is 26.1 Å². The maximum atomic E-state index is 5.96. The summed E-state index contributed by atoms with van der Waals surface area (Å²) < 4.78 is 6.60. The van der Waals surface area contributed by atoms with E-state index in [9.17, 15) is 0 Å². The van der Waals surface area contributed by atoms with Crippen molar-refractivity contribution in [1.29, 1.82) is 0 Å². The summed E-state index contributed by atoms with van der Waals surface area (Å²) >= 11 is 9.36. The molecule has 1 aliphatic rings. The minimum Gasteiger partial charge on any atom is -0.420 e. The van der Waals surface area contributed by atoms with E-state index in [-0.39, 0.29) is 0 Å². The Kier molecular flexibility index (Phi) is 3.39. The second-order valence-electron chi connectivity index (χ2n) is 4.56. The van der Waals surface area contributed by atoms with Crippen LogP contribution in [0.15, 0.2) is 27.1 Å². The van der Waals surface area contributed by atoms with Crippen LogP contribution in [0, 0.1) is 0 Å². The van der Waals surface area contributed by atoms with Gasteiger partial charge in [-0.15, -0.1) is 10.2 Å². The van der Waals surface area contributed by atoms with Gasteiger partial charge in [0, 0.05) is 16.0 Å². The number of benzene rings is 1. The van der Waals surface area contributed by atoms with Crippen molar-refractivity contribution < 1.29 is 4.42 Å². The molecule has 94 valence electrons. The van der Waals surface area contributed by atoms with Gasteiger partial charge in [-0.2, -0.15) is 0 Å². The molecule has 1 aromatic heterocycles. The topological polar surface area (TPSA) is 38.9 Å². The smallest absolute Gasteiger partial charge is 0.247 e. The average Bonchev–Trinajstić information content (AvgIpc) is 3.01. The minimum atomic E-state index is 0.446. The van der Waals surface area contributed by atoms with Gasteiger partial charge < -0.3 is 4.42 Å². The summed E-state index contributed by atoms with van der Waals surface area (Å²) in [4.78, 5) is 0. The molecule has 1 saturated carbocycles. The normalized spacial score (nSPS) is 16.3. The first-order valence-electron chi connectivity index (χ1n) is 6.03. The third kappa shape index (κ3) is 2.31. The minimum absolute atomic E-state index is 0.446. The van der Waals surface area contributed by atoms with Crippen LogP contribution < -0.4 is 0 Å². The van der Waals surface area contributed by atoms with Crippen molar-refractivity contribution in [3.05, 3.63) is 33.6 Å². The number of halogens is 2. The first-order chi connectivity index (χ1) is 8.74. The van der Waals surface area contributed by atoms with Crippen LogP contribution >= 0.6 is 27.5 Å². The lowest BCUT2D eigenvalue weighted by Crippen LogP contribution is -1.91. The van der Waals surface area contributed by atoms with Crippen molar-refractivity contribution in [2.24, 2.45) is 0 Å². The standard InChI is InChI=1S/C13H12BrClN2O/c14-10-7-9(5-6-11(10)15)13-17-16-12(18-13)8-3-1-2-4-8/h5-8H,1-4H2. The zero-order valence-corrected chi connectivity index (χ0v) is 12.0. The molecule has 5 heteroatoms. The van der Waals surface area contributed by atoms with E-state index in [4.69, 9.17) is 16.0 Å². The second kappa shape index (κ2) is 5.02. The summed E-state index contributed by atoms with van der Waals surface area (Å²) in [5, 5.41) is 8.96. The van der Waals surface area contributed by atoms with Gasteiger partial charge in [0.15, 0.2) is 0 Å². The number of hydrogen-bond acceptors (Lipinski definition) is 3. The Morgan fingerprint density at radius 1 is 1.22 bits per heavy atom. The molecule has 3 rings (SSSR count). The Labute approximate surface area is 119 Å². The van der Waals surface area contributed by atoms with Gasteiger partial charge >= 0.3 is 0 Å². The van der Waals surface area contributed by atoms with Crippen molar-refractivity contribution in [1.82, 2.24) is 10.2 Å². The van der Waals surface area contributed by atoms with Gasteiger partial charge in [0.05, 0.1) is 5.02 Å². The highest BCUT2D eigenvalue weighted by atomic mass is 79.9. The van der Waals surface area contributed by atoms with E-state index in [0.717, 1.165) is 28.8 Å². The lowest BCUT2D eigenvalue weighted by Gasteiger charge is -2.01. The lowest BCUT2D eigenvalue weighted by molar-refractivity contribution is 0.457. The summed E-state index contributed by atoms with van der Waals surface area (Å²) in [6.07, 6.45) is 4.83. The molecule has 0 aliphatic heterocycles. The van der Waals surface area contributed by atoms with Crippen molar-refractivity contribution >= 4 is 27.5 Å². The number of rotatable bonds is 2. The highest BCUT2D eigenvalue weighted by Crippen LogP contribution is 2.35. The van der Waals surface area contributed by atoms with Crippen molar-refractivity contribution in [2.75, 3.05) is 0 Å². The van der Waals surface area contributed by atoms with E-state index in [0.29, 0.717) is 16.8 Å². The maximum absolute atomic E-state index is 5.96. The van der Waals surface area contributed by atoms with Gasteiger partial charge in [-0.25, -0.2) is 0 Å². The number of hydrogen-bond donors (Lipinski definition) is 0. The zero-order valence-electron chi connectivity index (χ0n) is 9.70.